The number of para-hydroxylation sites is 2. The van der Waals surface area contributed by atoms with E-state index in [9.17, 15) is 8.42 Å². The number of nitrogens with two attached hydrogens (primary N) is 1. The molecule has 8 heteroatoms. The van der Waals surface area contributed by atoms with Gasteiger partial charge in [-0.15, -0.1) is 0 Å². The van der Waals surface area contributed by atoms with Crippen molar-refractivity contribution in [2.45, 2.75) is 44.2 Å². The first-order valence-corrected chi connectivity index (χ1v) is 11.1. The van der Waals surface area contributed by atoms with Gasteiger partial charge in [-0.1, -0.05) is 18.2 Å². The van der Waals surface area contributed by atoms with E-state index in [1.54, 1.807) is 12.1 Å². The van der Waals surface area contributed by atoms with Crippen molar-refractivity contribution in [1.29, 1.82) is 0 Å². The van der Waals surface area contributed by atoms with E-state index in [0.29, 0.717) is 25.3 Å². The summed E-state index contributed by atoms with van der Waals surface area (Å²) in [7, 11) is -2.43. The van der Waals surface area contributed by atoms with Crippen LogP contribution >= 0.6 is 0 Å². The quantitative estimate of drug-likeness (QED) is 0.540. The number of methoxy groups -OCH3 is 1. The number of hydrogen-bond acceptors (Lipinski definition) is 6. The van der Waals surface area contributed by atoms with E-state index >= 15 is 0 Å². The molecule has 0 heterocycles. The predicted octanol–water partition coefficient (Wildman–Crippen LogP) is 2.73. The monoisotopic (exact) mass is 422 g/mol. The standard InChI is InChI=1S/C21H30N2O5S/c1-15(2)28-19-8-6-5-7-18(19)27-12-11-23-16(3)13-17-9-10-20(26-4)21(14-17)29(22,24)25/h5-10,14-16,23H,11-13H2,1-4H3,(H2,22,24,25)/t16-/m1/s1. The van der Waals surface area contributed by atoms with Crippen molar-refractivity contribution in [2.75, 3.05) is 20.3 Å². The summed E-state index contributed by atoms with van der Waals surface area (Å²) in [6.07, 6.45) is 0.712. The van der Waals surface area contributed by atoms with E-state index in [1.165, 1.54) is 7.11 Å². The third-order valence-electron chi connectivity index (χ3n) is 4.14. The van der Waals surface area contributed by atoms with E-state index in [0.717, 1.165) is 11.3 Å². The van der Waals surface area contributed by atoms with E-state index in [2.05, 4.69) is 5.32 Å². The molecule has 0 unspecified atom stereocenters. The molecule has 1 atom stereocenters. The second-order valence-electron chi connectivity index (χ2n) is 7.05. The van der Waals surface area contributed by atoms with Crippen molar-refractivity contribution >= 4 is 10.0 Å². The molecular formula is C21H30N2O5S. The van der Waals surface area contributed by atoms with E-state index in [-0.39, 0.29) is 22.8 Å². The number of rotatable bonds is 11. The Hall–Kier alpha value is -2.29. The summed E-state index contributed by atoms with van der Waals surface area (Å²) in [6, 6.07) is 12.7. The lowest BCUT2D eigenvalue weighted by molar-refractivity contribution is 0.220. The average Bonchev–Trinajstić information content (AvgIpc) is 2.65. The van der Waals surface area contributed by atoms with Crippen LogP contribution in [0.3, 0.4) is 0 Å². The Morgan fingerprint density at radius 1 is 1.03 bits per heavy atom. The summed E-state index contributed by atoms with van der Waals surface area (Å²) >= 11 is 0. The van der Waals surface area contributed by atoms with Crippen molar-refractivity contribution in [3.8, 4) is 17.2 Å². The van der Waals surface area contributed by atoms with Gasteiger partial charge in [-0.05, 0) is 57.0 Å². The lowest BCUT2D eigenvalue weighted by Crippen LogP contribution is -2.32. The van der Waals surface area contributed by atoms with Crippen LogP contribution in [0.5, 0.6) is 17.2 Å². The molecule has 0 radical (unpaired) electrons. The maximum atomic E-state index is 11.7. The molecule has 29 heavy (non-hydrogen) atoms. The minimum absolute atomic E-state index is 0.00482. The lowest BCUT2D eigenvalue weighted by atomic mass is 10.1. The van der Waals surface area contributed by atoms with Crippen LogP contribution in [0, 0.1) is 0 Å². The normalized spacial score (nSPS) is 12.6. The van der Waals surface area contributed by atoms with Gasteiger partial charge in [0.1, 0.15) is 17.3 Å². The molecule has 2 aromatic rings. The van der Waals surface area contributed by atoms with Gasteiger partial charge in [-0.2, -0.15) is 0 Å². The summed E-state index contributed by atoms with van der Waals surface area (Å²) in [6.45, 7) is 7.08. The van der Waals surface area contributed by atoms with Crippen molar-refractivity contribution < 1.29 is 22.6 Å². The summed E-state index contributed by atoms with van der Waals surface area (Å²) < 4.78 is 40.2. The first kappa shape index (κ1) is 23.0. The maximum absolute atomic E-state index is 11.7. The first-order chi connectivity index (χ1) is 13.7. The third-order valence-corrected chi connectivity index (χ3v) is 5.07. The number of hydrogen-bond donors (Lipinski definition) is 2. The first-order valence-electron chi connectivity index (χ1n) is 9.52. The van der Waals surface area contributed by atoms with E-state index < -0.39 is 10.0 Å². The Labute approximate surface area is 173 Å². The van der Waals surface area contributed by atoms with Crippen LogP contribution in [0.2, 0.25) is 0 Å². The maximum Gasteiger partial charge on any atom is 0.241 e. The molecule has 2 aromatic carbocycles. The third kappa shape index (κ3) is 7.23. The Kier molecular flexibility index (Phi) is 8.31. The van der Waals surface area contributed by atoms with Gasteiger partial charge in [0.2, 0.25) is 10.0 Å². The number of benzene rings is 2. The molecule has 3 N–H and O–H groups in total. The average molecular weight is 423 g/mol. The minimum atomic E-state index is -3.85. The fourth-order valence-corrected chi connectivity index (χ4v) is 3.63. The fraction of sp³-hybridized carbons (Fsp3) is 0.429. The number of primary sulfonamides is 1. The van der Waals surface area contributed by atoms with Gasteiger partial charge in [0.15, 0.2) is 11.5 Å². The molecule has 0 aromatic heterocycles. The molecule has 0 saturated carbocycles. The molecule has 7 nitrogen and oxygen atoms in total. The van der Waals surface area contributed by atoms with E-state index in [1.807, 2.05) is 51.1 Å². The molecule has 0 spiro atoms. The van der Waals surface area contributed by atoms with Gasteiger partial charge in [-0.3, -0.25) is 0 Å². The number of ether oxygens (including phenoxy) is 3. The number of sulfonamides is 1. The predicted molar refractivity (Wildman–Crippen MR) is 113 cm³/mol. The molecule has 0 amide bonds. The molecule has 0 saturated heterocycles. The Balaban J connectivity index is 1.88. The minimum Gasteiger partial charge on any atom is -0.495 e. The van der Waals surface area contributed by atoms with Crippen molar-refractivity contribution in [3.05, 3.63) is 48.0 Å². The second-order valence-corrected chi connectivity index (χ2v) is 8.58. The van der Waals surface area contributed by atoms with Gasteiger partial charge < -0.3 is 19.5 Å². The largest absolute Gasteiger partial charge is 0.495 e. The molecule has 160 valence electrons. The molecular weight excluding hydrogens is 392 g/mol. The van der Waals surface area contributed by atoms with Crippen LogP contribution in [-0.4, -0.2) is 40.8 Å². The molecule has 0 aliphatic rings. The van der Waals surface area contributed by atoms with Gasteiger partial charge in [0.25, 0.3) is 0 Å². The second kappa shape index (κ2) is 10.5. The topological polar surface area (TPSA) is 99.9 Å². The number of nitrogens with one attached hydrogen (secondary N) is 1. The Bertz CT molecular complexity index is 900. The highest BCUT2D eigenvalue weighted by atomic mass is 32.2. The summed E-state index contributed by atoms with van der Waals surface area (Å²) in [5, 5.41) is 8.65. The van der Waals surface area contributed by atoms with Crippen LogP contribution in [-0.2, 0) is 16.4 Å². The van der Waals surface area contributed by atoms with Crippen molar-refractivity contribution in [2.24, 2.45) is 5.14 Å². The molecule has 0 aliphatic heterocycles. The Morgan fingerprint density at radius 2 is 1.72 bits per heavy atom. The molecule has 0 bridgehead atoms. The molecule has 0 aliphatic carbocycles. The lowest BCUT2D eigenvalue weighted by Gasteiger charge is -2.17. The highest BCUT2D eigenvalue weighted by Crippen LogP contribution is 2.27. The summed E-state index contributed by atoms with van der Waals surface area (Å²) in [4.78, 5) is -0.00482. The van der Waals surface area contributed by atoms with Gasteiger partial charge in [0, 0.05) is 12.6 Å². The summed E-state index contributed by atoms with van der Waals surface area (Å²) in [5.74, 6) is 1.68. The zero-order valence-corrected chi connectivity index (χ0v) is 18.2. The zero-order valence-electron chi connectivity index (χ0n) is 17.3. The Morgan fingerprint density at radius 3 is 2.34 bits per heavy atom. The highest BCUT2D eigenvalue weighted by Gasteiger charge is 2.16. The molecule has 2 rings (SSSR count). The van der Waals surface area contributed by atoms with Crippen LogP contribution in [0.25, 0.3) is 0 Å². The highest BCUT2D eigenvalue weighted by molar-refractivity contribution is 7.89. The summed E-state index contributed by atoms with van der Waals surface area (Å²) in [5.41, 5.74) is 0.853. The van der Waals surface area contributed by atoms with Crippen LogP contribution in [0.15, 0.2) is 47.4 Å². The van der Waals surface area contributed by atoms with Crippen molar-refractivity contribution in [1.82, 2.24) is 5.32 Å². The van der Waals surface area contributed by atoms with Crippen molar-refractivity contribution in [3.63, 3.8) is 0 Å². The van der Waals surface area contributed by atoms with Gasteiger partial charge in [0.05, 0.1) is 13.2 Å². The van der Waals surface area contributed by atoms with Gasteiger partial charge in [-0.25, -0.2) is 13.6 Å². The zero-order chi connectivity index (χ0) is 21.4. The molecule has 0 fully saturated rings. The van der Waals surface area contributed by atoms with Crippen LogP contribution < -0.4 is 24.7 Å². The smallest absolute Gasteiger partial charge is 0.241 e. The van der Waals surface area contributed by atoms with Crippen LogP contribution in [0.1, 0.15) is 26.3 Å². The SMILES string of the molecule is COc1ccc(C[C@@H](C)NCCOc2ccccc2OC(C)C)cc1S(N)(=O)=O. The van der Waals surface area contributed by atoms with E-state index in [4.69, 9.17) is 19.3 Å². The van der Waals surface area contributed by atoms with Gasteiger partial charge >= 0.3 is 0 Å². The fourth-order valence-electron chi connectivity index (χ4n) is 2.88. The van der Waals surface area contributed by atoms with Crippen LogP contribution in [0.4, 0.5) is 0 Å².